The van der Waals surface area contributed by atoms with Gasteiger partial charge in [-0.1, -0.05) is 61.5 Å². The van der Waals surface area contributed by atoms with E-state index in [0.29, 0.717) is 0 Å². The number of benzene rings is 3. The molecule has 0 heterocycles. The van der Waals surface area contributed by atoms with Gasteiger partial charge in [0.05, 0.1) is 0 Å². The maximum absolute atomic E-state index is 2.21. The minimum Gasteiger partial charge on any atom is -0.345 e. The van der Waals surface area contributed by atoms with Crippen molar-refractivity contribution in [1.82, 2.24) is 0 Å². The summed E-state index contributed by atoms with van der Waals surface area (Å²) in [6.07, 6.45) is 1.08. The van der Waals surface area contributed by atoms with Gasteiger partial charge in [0.15, 0.2) is 0 Å². The van der Waals surface area contributed by atoms with Gasteiger partial charge in [0.2, 0.25) is 0 Å². The average molecular weight is 287 g/mol. The number of hydrogen-bond donors (Lipinski definition) is 0. The number of aryl methyl sites for hydroxylation is 1. The molecule has 0 bridgehead atoms. The molecule has 0 aromatic heterocycles. The summed E-state index contributed by atoms with van der Waals surface area (Å²) in [6.45, 7) is 2.18. The number of hydrogen-bond acceptors (Lipinski definition) is 1. The standard InChI is InChI=1S/C21H21N/c1-3-17-9-11-18(12-10-17)19-13-15-21(16-14-19)22(2)20-7-5-4-6-8-20/h4-16H,3H2,1-2H3. The van der Waals surface area contributed by atoms with Crippen LogP contribution in [0.4, 0.5) is 11.4 Å². The second-order valence-electron chi connectivity index (χ2n) is 5.49. The summed E-state index contributed by atoms with van der Waals surface area (Å²) in [6, 6.07) is 28.0. The largest absolute Gasteiger partial charge is 0.345 e. The highest BCUT2D eigenvalue weighted by molar-refractivity contribution is 5.69. The predicted molar refractivity (Wildman–Crippen MR) is 95.8 cm³/mol. The molecule has 0 aliphatic rings. The summed E-state index contributed by atoms with van der Waals surface area (Å²) in [5.74, 6) is 0. The molecule has 0 amide bonds. The summed E-state index contributed by atoms with van der Waals surface area (Å²) in [7, 11) is 2.10. The minimum absolute atomic E-state index is 1.08. The van der Waals surface area contributed by atoms with Crippen LogP contribution in [-0.2, 0) is 6.42 Å². The third kappa shape index (κ3) is 3.04. The Balaban J connectivity index is 1.83. The highest BCUT2D eigenvalue weighted by atomic mass is 15.1. The Morgan fingerprint density at radius 2 is 1.14 bits per heavy atom. The lowest BCUT2D eigenvalue weighted by Crippen LogP contribution is -2.08. The zero-order chi connectivity index (χ0) is 15.4. The van der Waals surface area contributed by atoms with Crippen LogP contribution in [-0.4, -0.2) is 7.05 Å². The molecule has 110 valence electrons. The van der Waals surface area contributed by atoms with E-state index in [0.717, 1.165) is 6.42 Å². The van der Waals surface area contributed by atoms with E-state index in [4.69, 9.17) is 0 Å². The topological polar surface area (TPSA) is 3.24 Å². The molecule has 0 saturated heterocycles. The van der Waals surface area contributed by atoms with E-state index < -0.39 is 0 Å². The number of nitrogens with zero attached hydrogens (tertiary/aromatic N) is 1. The zero-order valence-electron chi connectivity index (χ0n) is 13.2. The minimum atomic E-state index is 1.08. The van der Waals surface area contributed by atoms with Gasteiger partial charge in [0.25, 0.3) is 0 Å². The van der Waals surface area contributed by atoms with Crippen LogP contribution in [0.5, 0.6) is 0 Å². The van der Waals surface area contributed by atoms with Crippen LogP contribution in [0, 0.1) is 0 Å². The van der Waals surface area contributed by atoms with Gasteiger partial charge in [-0.2, -0.15) is 0 Å². The van der Waals surface area contributed by atoms with Crippen LogP contribution >= 0.6 is 0 Å². The van der Waals surface area contributed by atoms with Crippen LogP contribution in [0.3, 0.4) is 0 Å². The van der Waals surface area contributed by atoms with E-state index in [1.165, 1.54) is 28.1 Å². The van der Waals surface area contributed by atoms with Crippen molar-refractivity contribution in [2.24, 2.45) is 0 Å². The summed E-state index contributed by atoms with van der Waals surface area (Å²) < 4.78 is 0. The molecule has 0 N–H and O–H groups in total. The maximum atomic E-state index is 2.21. The molecule has 0 aliphatic carbocycles. The van der Waals surface area contributed by atoms with Gasteiger partial charge < -0.3 is 4.90 Å². The van der Waals surface area contributed by atoms with Crippen molar-refractivity contribution < 1.29 is 0 Å². The van der Waals surface area contributed by atoms with Crippen molar-refractivity contribution in [3.8, 4) is 11.1 Å². The van der Waals surface area contributed by atoms with Gasteiger partial charge >= 0.3 is 0 Å². The van der Waals surface area contributed by atoms with Gasteiger partial charge in [-0.3, -0.25) is 0 Å². The van der Waals surface area contributed by atoms with Crippen molar-refractivity contribution >= 4 is 11.4 Å². The monoisotopic (exact) mass is 287 g/mol. The lowest BCUT2D eigenvalue weighted by molar-refractivity contribution is 1.14. The summed E-state index contributed by atoms with van der Waals surface area (Å²) >= 11 is 0. The van der Waals surface area contributed by atoms with Crippen LogP contribution in [0.25, 0.3) is 11.1 Å². The number of anilines is 2. The third-order valence-corrected chi connectivity index (χ3v) is 4.09. The molecular formula is C21H21N. The van der Waals surface area contributed by atoms with E-state index in [9.17, 15) is 0 Å². The molecule has 0 fully saturated rings. The second-order valence-corrected chi connectivity index (χ2v) is 5.49. The molecule has 22 heavy (non-hydrogen) atoms. The fourth-order valence-electron chi connectivity index (χ4n) is 2.61. The molecular weight excluding hydrogens is 266 g/mol. The number of para-hydroxylation sites is 1. The van der Waals surface area contributed by atoms with E-state index >= 15 is 0 Å². The summed E-state index contributed by atoms with van der Waals surface area (Å²) in [5, 5.41) is 0. The normalized spacial score (nSPS) is 10.5. The van der Waals surface area contributed by atoms with Crippen molar-refractivity contribution in [2.75, 3.05) is 11.9 Å². The zero-order valence-corrected chi connectivity index (χ0v) is 13.2. The molecule has 3 aromatic rings. The first-order valence-electron chi connectivity index (χ1n) is 7.76. The Bertz CT molecular complexity index is 712. The van der Waals surface area contributed by atoms with Gasteiger partial charge in [-0.15, -0.1) is 0 Å². The molecule has 3 rings (SSSR count). The molecule has 0 atom stereocenters. The Morgan fingerprint density at radius 1 is 0.636 bits per heavy atom. The fraction of sp³-hybridized carbons (Fsp3) is 0.143. The highest BCUT2D eigenvalue weighted by Gasteiger charge is 2.04. The Hall–Kier alpha value is -2.54. The van der Waals surface area contributed by atoms with Crippen molar-refractivity contribution in [3.63, 3.8) is 0 Å². The molecule has 0 spiro atoms. The van der Waals surface area contributed by atoms with Crippen molar-refractivity contribution in [2.45, 2.75) is 13.3 Å². The molecule has 0 radical (unpaired) electrons. The van der Waals surface area contributed by atoms with E-state index in [1.54, 1.807) is 0 Å². The van der Waals surface area contributed by atoms with Crippen LogP contribution in [0.15, 0.2) is 78.9 Å². The number of rotatable bonds is 4. The lowest BCUT2D eigenvalue weighted by Gasteiger charge is -2.19. The van der Waals surface area contributed by atoms with Crippen LogP contribution in [0.1, 0.15) is 12.5 Å². The first kappa shape index (κ1) is 14.4. The lowest BCUT2D eigenvalue weighted by atomic mass is 10.0. The smallest absolute Gasteiger partial charge is 0.0408 e. The molecule has 0 aliphatic heterocycles. The SMILES string of the molecule is CCc1ccc(-c2ccc(N(C)c3ccccc3)cc2)cc1. The highest BCUT2D eigenvalue weighted by Crippen LogP contribution is 2.27. The summed E-state index contributed by atoms with van der Waals surface area (Å²) in [4.78, 5) is 2.20. The quantitative estimate of drug-likeness (QED) is 0.596. The third-order valence-electron chi connectivity index (χ3n) is 4.09. The van der Waals surface area contributed by atoms with Crippen molar-refractivity contribution in [3.05, 3.63) is 84.4 Å². The first-order chi connectivity index (χ1) is 10.8. The Morgan fingerprint density at radius 3 is 1.68 bits per heavy atom. The fourth-order valence-corrected chi connectivity index (χ4v) is 2.61. The van der Waals surface area contributed by atoms with Crippen LogP contribution < -0.4 is 4.90 Å². The summed E-state index contributed by atoms with van der Waals surface area (Å²) in [5.41, 5.74) is 6.30. The molecule has 1 heteroatoms. The predicted octanol–water partition coefficient (Wildman–Crippen LogP) is 5.68. The van der Waals surface area contributed by atoms with Crippen molar-refractivity contribution in [1.29, 1.82) is 0 Å². The molecule has 0 saturated carbocycles. The maximum Gasteiger partial charge on any atom is 0.0408 e. The van der Waals surface area contributed by atoms with Gasteiger partial charge in [-0.05, 0) is 47.4 Å². The van der Waals surface area contributed by atoms with E-state index in [-0.39, 0.29) is 0 Å². The van der Waals surface area contributed by atoms with Crippen LogP contribution in [0.2, 0.25) is 0 Å². The first-order valence-corrected chi connectivity index (χ1v) is 7.76. The van der Waals surface area contributed by atoms with E-state index in [2.05, 4.69) is 91.7 Å². The van der Waals surface area contributed by atoms with E-state index in [1.807, 2.05) is 6.07 Å². The van der Waals surface area contributed by atoms with Gasteiger partial charge in [0.1, 0.15) is 0 Å². The van der Waals surface area contributed by atoms with Gasteiger partial charge in [0, 0.05) is 18.4 Å². The van der Waals surface area contributed by atoms with Gasteiger partial charge in [-0.25, -0.2) is 0 Å². The second kappa shape index (κ2) is 6.48. The average Bonchev–Trinajstić information content (AvgIpc) is 2.62. The molecule has 0 unspecified atom stereocenters. The Labute approximate surface area is 132 Å². The molecule has 3 aromatic carbocycles. The molecule has 1 nitrogen and oxygen atoms in total. The Kier molecular flexibility index (Phi) is 4.24.